The fourth-order valence-electron chi connectivity index (χ4n) is 2.91. The zero-order valence-electron chi connectivity index (χ0n) is 10.8. The molecule has 17 heavy (non-hydrogen) atoms. The molecule has 2 unspecified atom stereocenters. The highest BCUT2D eigenvalue weighted by Gasteiger charge is 2.48. The summed E-state index contributed by atoms with van der Waals surface area (Å²) in [5, 5.41) is 12.5. The Labute approximate surface area is 104 Å². The summed E-state index contributed by atoms with van der Waals surface area (Å²) < 4.78 is 0. The molecule has 0 bridgehead atoms. The van der Waals surface area contributed by atoms with E-state index in [-0.39, 0.29) is 5.41 Å². The third kappa shape index (κ3) is 2.08. The summed E-state index contributed by atoms with van der Waals surface area (Å²) in [5.41, 5.74) is 2.36. The molecule has 0 spiro atoms. The van der Waals surface area contributed by atoms with Gasteiger partial charge in [0.05, 0.1) is 11.6 Å². The normalized spacial score (nSPS) is 26.0. The van der Waals surface area contributed by atoms with Gasteiger partial charge in [-0.2, -0.15) is 5.26 Å². The van der Waals surface area contributed by atoms with Crippen molar-refractivity contribution in [1.29, 1.82) is 5.26 Å². The van der Waals surface area contributed by atoms with Crippen LogP contribution < -0.4 is 5.32 Å². The Morgan fingerprint density at radius 1 is 1.47 bits per heavy atom. The van der Waals surface area contributed by atoms with Gasteiger partial charge in [-0.3, -0.25) is 0 Å². The molecular formula is C15H20N2. The summed E-state index contributed by atoms with van der Waals surface area (Å²) in [7, 11) is 0. The summed E-state index contributed by atoms with van der Waals surface area (Å²) >= 11 is 0. The van der Waals surface area contributed by atoms with Crippen molar-refractivity contribution in [1.82, 2.24) is 5.32 Å². The zero-order valence-corrected chi connectivity index (χ0v) is 10.8. The number of hydrogen-bond acceptors (Lipinski definition) is 2. The number of nitriles is 1. The maximum atomic E-state index is 8.94. The Balaban J connectivity index is 2.18. The Morgan fingerprint density at radius 2 is 2.24 bits per heavy atom. The van der Waals surface area contributed by atoms with Crippen LogP contribution in [0, 0.1) is 16.7 Å². The maximum absolute atomic E-state index is 8.94. The summed E-state index contributed by atoms with van der Waals surface area (Å²) in [6.45, 7) is 7.81. The van der Waals surface area contributed by atoms with Crippen molar-refractivity contribution in [3.63, 3.8) is 0 Å². The van der Waals surface area contributed by atoms with Gasteiger partial charge in [0.25, 0.3) is 0 Å². The first-order valence-corrected chi connectivity index (χ1v) is 6.33. The molecule has 1 aliphatic rings. The van der Waals surface area contributed by atoms with E-state index in [4.69, 9.17) is 5.26 Å². The molecular weight excluding hydrogens is 208 g/mol. The van der Waals surface area contributed by atoms with E-state index in [0.717, 1.165) is 12.1 Å². The van der Waals surface area contributed by atoms with Crippen LogP contribution in [0.2, 0.25) is 0 Å². The predicted molar refractivity (Wildman–Crippen MR) is 69.8 cm³/mol. The third-order valence-corrected chi connectivity index (χ3v) is 4.14. The van der Waals surface area contributed by atoms with Crippen LogP contribution in [0.25, 0.3) is 0 Å². The van der Waals surface area contributed by atoms with Crippen molar-refractivity contribution < 1.29 is 0 Å². The summed E-state index contributed by atoms with van der Waals surface area (Å²) in [5.74, 6) is 0.569. The fourth-order valence-corrected chi connectivity index (χ4v) is 2.91. The zero-order chi connectivity index (χ0) is 12.5. The van der Waals surface area contributed by atoms with Crippen LogP contribution in [0.15, 0.2) is 24.3 Å². The molecule has 1 N–H and O–H groups in total. The average molecular weight is 228 g/mol. The number of nitrogens with one attached hydrogen (secondary N) is 1. The summed E-state index contributed by atoms with van der Waals surface area (Å²) in [4.78, 5) is 0. The number of hydrogen-bond donors (Lipinski definition) is 1. The first kappa shape index (κ1) is 12.1. The lowest BCUT2D eigenvalue weighted by molar-refractivity contribution is 0.0706. The SMILES string of the molecule is CCNC1CC(c2cccc(C#N)c2)C1(C)C. The molecule has 0 aliphatic heterocycles. The van der Waals surface area contributed by atoms with Crippen LogP contribution in [-0.2, 0) is 0 Å². The van der Waals surface area contributed by atoms with E-state index in [1.807, 2.05) is 18.2 Å². The molecule has 2 atom stereocenters. The predicted octanol–water partition coefficient (Wildman–Crippen LogP) is 3.05. The minimum absolute atomic E-state index is 0.282. The molecule has 2 nitrogen and oxygen atoms in total. The van der Waals surface area contributed by atoms with Crippen LogP contribution in [0.3, 0.4) is 0 Å². The molecule has 1 aromatic carbocycles. The van der Waals surface area contributed by atoms with Crippen molar-refractivity contribution in [2.24, 2.45) is 5.41 Å². The minimum Gasteiger partial charge on any atom is -0.314 e. The Bertz CT molecular complexity index is 442. The van der Waals surface area contributed by atoms with Crippen molar-refractivity contribution in [2.45, 2.75) is 39.2 Å². The van der Waals surface area contributed by atoms with Crippen LogP contribution in [-0.4, -0.2) is 12.6 Å². The van der Waals surface area contributed by atoms with Gasteiger partial charge >= 0.3 is 0 Å². The Kier molecular flexibility index (Phi) is 3.22. The van der Waals surface area contributed by atoms with Gasteiger partial charge in [0.1, 0.15) is 0 Å². The highest BCUT2D eigenvalue weighted by Crippen LogP contribution is 2.52. The highest BCUT2D eigenvalue weighted by molar-refractivity contribution is 5.37. The van der Waals surface area contributed by atoms with Crippen LogP contribution >= 0.6 is 0 Å². The van der Waals surface area contributed by atoms with E-state index < -0.39 is 0 Å². The van der Waals surface area contributed by atoms with Crippen molar-refractivity contribution in [2.75, 3.05) is 6.54 Å². The Hall–Kier alpha value is -1.33. The summed E-state index contributed by atoms with van der Waals surface area (Å²) in [6, 6.07) is 10.9. The second-order valence-electron chi connectivity index (χ2n) is 5.46. The number of benzene rings is 1. The quantitative estimate of drug-likeness (QED) is 0.863. The van der Waals surface area contributed by atoms with E-state index in [2.05, 4.69) is 38.2 Å². The molecule has 0 saturated heterocycles. The van der Waals surface area contributed by atoms with Gasteiger partial charge < -0.3 is 5.32 Å². The Morgan fingerprint density at radius 3 is 2.82 bits per heavy atom. The van der Waals surface area contributed by atoms with Crippen LogP contribution in [0.5, 0.6) is 0 Å². The number of rotatable bonds is 3. The van der Waals surface area contributed by atoms with E-state index in [0.29, 0.717) is 12.0 Å². The molecule has 1 saturated carbocycles. The molecule has 0 amide bonds. The summed E-state index contributed by atoms with van der Waals surface area (Å²) in [6.07, 6.45) is 1.18. The molecule has 2 heteroatoms. The van der Waals surface area contributed by atoms with E-state index in [1.54, 1.807) is 0 Å². The largest absolute Gasteiger partial charge is 0.314 e. The molecule has 1 aromatic rings. The van der Waals surface area contributed by atoms with Gasteiger partial charge in [0.15, 0.2) is 0 Å². The average Bonchev–Trinajstić information content (AvgIpc) is 2.34. The van der Waals surface area contributed by atoms with Crippen molar-refractivity contribution >= 4 is 0 Å². The first-order chi connectivity index (χ1) is 8.09. The third-order valence-electron chi connectivity index (χ3n) is 4.14. The van der Waals surface area contributed by atoms with Crippen LogP contribution in [0.1, 0.15) is 44.2 Å². The second-order valence-corrected chi connectivity index (χ2v) is 5.46. The highest BCUT2D eigenvalue weighted by atomic mass is 15.0. The minimum atomic E-state index is 0.282. The van der Waals surface area contributed by atoms with Gasteiger partial charge in [-0.05, 0) is 42.0 Å². The standard InChI is InChI=1S/C15H20N2/c1-4-17-14-9-13(15(14,2)3)12-7-5-6-11(8-12)10-16/h5-8,13-14,17H,4,9H2,1-3H3. The maximum Gasteiger partial charge on any atom is 0.0991 e. The fraction of sp³-hybridized carbons (Fsp3) is 0.533. The van der Waals surface area contributed by atoms with Crippen molar-refractivity contribution in [3.8, 4) is 6.07 Å². The molecule has 90 valence electrons. The van der Waals surface area contributed by atoms with Gasteiger partial charge in [0.2, 0.25) is 0 Å². The molecule has 0 radical (unpaired) electrons. The molecule has 0 aromatic heterocycles. The topological polar surface area (TPSA) is 35.8 Å². The van der Waals surface area contributed by atoms with Gasteiger partial charge in [-0.25, -0.2) is 0 Å². The van der Waals surface area contributed by atoms with E-state index in [1.165, 1.54) is 12.0 Å². The lowest BCUT2D eigenvalue weighted by Crippen LogP contribution is -2.55. The van der Waals surface area contributed by atoms with Gasteiger partial charge in [0, 0.05) is 6.04 Å². The molecule has 2 rings (SSSR count). The van der Waals surface area contributed by atoms with Gasteiger partial charge in [-0.15, -0.1) is 0 Å². The first-order valence-electron chi connectivity index (χ1n) is 6.33. The smallest absolute Gasteiger partial charge is 0.0991 e. The van der Waals surface area contributed by atoms with Gasteiger partial charge in [-0.1, -0.05) is 32.9 Å². The lowest BCUT2D eigenvalue weighted by Gasteiger charge is -2.53. The number of nitrogens with zero attached hydrogens (tertiary/aromatic N) is 1. The van der Waals surface area contributed by atoms with E-state index >= 15 is 0 Å². The molecule has 1 aliphatic carbocycles. The van der Waals surface area contributed by atoms with E-state index in [9.17, 15) is 0 Å². The van der Waals surface area contributed by atoms with Crippen molar-refractivity contribution in [3.05, 3.63) is 35.4 Å². The second kappa shape index (κ2) is 4.50. The lowest BCUT2D eigenvalue weighted by atomic mass is 9.56. The van der Waals surface area contributed by atoms with Crippen LogP contribution in [0.4, 0.5) is 0 Å². The molecule has 1 fully saturated rings. The molecule has 0 heterocycles. The monoisotopic (exact) mass is 228 g/mol.